The highest BCUT2D eigenvalue weighted by Gasteiger charge is 2.13. The smallest absolute Gasteiger partial charge is 0.307 e. The van der Waals surface area contributed by atoms with Crippen LogP contribution in [0.2, 0.25) is 0 Å². The molecule has 0 unspecified atom stereocenters. The topological polar surface area (TPSA) is 179 Å². The van der Waals surface area contributed by atoms with Crippen LogP contribution >= 0.6 is 43.2 Å². The Morgan fingerprint density at radius 2 is 0.926 bits per heavy atom. The fourth-order valence-electron chi connectivity index (χ4n) is 4.66. The number of ether oxygens (including phenoxy) is 4. The summed E-state index contributed by atoms with van der Waals surface area (Å²) < 4.78 is 21.4. The highest BCUT2D eigenvalue weighted by molar-refractivity contribution is 8.77. The van der Waals surface area contributed by atoms with Gasteiger partial charge < -0.3 is 45.3 Å². The highest BCUT2D eigenvalue weighted by atomic mass is 33.1. The molecule has 0 aromatic rings. The van der Waals surface area contributed by atoms with Crippen molar-refractivity contribution in [1.82, 2.24) is 15.5 Å². The maximum absolute atomic E-state index is 12.3. The molecule has 0 aromatic heterocycles. The minimum Gasteiger partial charge on any atom is -0.466 e. The first-order valence-corrected chi connectivity index (χ1v) is 25.0. The summed E-state index contributed by atoms with van der Waals surface area (Å²) in [7, 11) is 7.28. The van der Waals surface area contributed by atoms with E-state index in [1.807, 2.05) is 26.5 Å². The fraction of sp³-hybridized carbons (Fsp3) is 0.892. The predicted octanol–water partition coefficient (Wildman–Crippen LogP) is 5.23. The summed E-state index contributed by atoms with van der Waals surface area (Å²) in [6.45, 7) is 9.10. The lowest BCUT2D eigenvalue weighted by atomic mass is 10.2. The van der Waals surface area contributed by atoms with Crippen LogP contribution in [0.5, 0.6) is 0 Å². The second kappa shape index (κ2) is 43.2. The van der Waals surface area contributed by atoms with Crippen molar-refractivity contribution in [3.8, 4) is 0 Å². The van der Waals surface area contributed by atoms with Gasteiger partial charge in [0.15, 0.2) is 0 Å². The van der Waals surface area contributed by atoms with Gasteiger partial charge in [0, 0.05) is 75.4 Å². The molecule has 0 amide bonds. The van der Waals surface area contributed by atoms with Gasteiger partial charge in [-0.3, -0.25) is 19.2 Å². The molecule has 0 spiro atoms. The number of hydrogen-bond acceptors (Lipinski definition) is 17. The zero-order valence-corrected chi connectivity index (χ0v) is 36.3. The van der Waals surface area contributed by atoms with Gasteiger partial charge >= 0.3 is 23.9 Å². The third-order valence-electron chi connectivity index (χ3n) is 7.67. The lowest BCUT2D eigenvalue weighted by molar-refractivity contribution is -0.145. The zero-order valence-electron chi connectivity index (χ0n) is 33.0. The number of unbranched alkanes of at least 4 members (excludes halogenated alkanes) is 7. The van der Waals surface area contributed by atoms with Crippen LogP contribution in [0.25, 0.3) is 0 Å². The number of carbonyl (C=O) groups excluding carboxylic acids is 4. The lowest BCUT2D eigenvalue weighted by Gasteiger charge is -2.21. The Kier molecular flexibility index (Phi) is 42.5. The Hall–Kier alpha value is -0.920. The van der Waals surface area contributed by atoms with Gasteiger partial charge in [-0.1, -0.05) is 50.1 Å². The Labute approximate surface area is 341 Å². The highest BCUT2D eigenvalue weighted by Crippen LogP contribution is 2.20. The van der Waals surface area contributed by atoms with Gasteiger partial charge in [-0.2, -0.15) is 0 Å². The van der Waals surface area contributed by atoms with Gasteiger partial charge in [-0.05, 0) is 77.2 Å². The number of rotatable bonds is 42. The summed E-state index contributed by atoms with van der Waals surface area (Å²) in [6, 6.07) is 0. The van der Waals surface area contributed by atoms with E-state index < -0.39 is 0 Å². The standard InChI is InChI=1S/C37H72N4O9S4/c1-2-30-51-53-32-20-39-18-13-34(43)47-26-9-3-5-11-28-49-36(45)15-23-41(22-7-8-25-42)24-16-37(46)50-29-12-6-4-10-27-48-35(44)14-19-40-21-33-54-52-31-17-38/h39-40,42H,2-33,38H2,1H3. The Morgan fingerprint density at radius 3 is 1.33 bits per heavy atom. The molecule has 0 bridgehead atoms. The number of nitrogens with two attached hydrogens (primary N) is 1. The second-order valence-electron chi connectivity index (χ2n) is 12.6. The first-order valence-electron chi connectivity index (χ1n) is 20.0. The summed E-state index contributed by atoms with van der Waals surface area (Å²) >= 11 is 0. The van der Waals surface area contributed by atoms with Gasteiger partial charge in [0.05, 0.1) is 52.1 Å². The molecule has 0 aliphatic carbocycles. The molecule has 0 aliphatic heterocycles. The number of nitrogens with one attached hydrogen (secondary N) is 2. The number of aliphatic hydroxyl groups is 1. The van der Waals surface area contributed by atoms with Crippen LogP contribution in [0.4, 0.5) is 0 Å². The van der Waals surface area contributed by atoms with Crippen molar-refractivity contribution in [2.45, 2.75) is 103 Å². The summed E-state index contributed by atoms with van der Waals surface area (Å²) in [4.78, 5) is 50.4. The third-order valence-corrected chi connectivity index (χ3v) is 12.7. The predicted molar refractivity (Wildman–Crippen MR) is 227 cm³/mol. The molecule has 17 heteroatoms. The Balaban J connectivity index is 3.84. The Bertz CT molecular complexity index is 836. The van der Waals surface area contributed by atoms with Crippen molar-refractivity contribution in [3.63, 3.8) is 0 Å². The zero-order chi connectivity index (χ0) is 39.6. The maximum atomic E-state index is 12.3. The van der Waals surface area contributed by atoms with Crippen molar-refractivity contribution < 1.29 is 43.2 Å². The molecule has 0 radical (unpaired) electrons. The maximum Gasteiger partial charge on any atom is 0.307 e. The second-order valence-corrected chi connectivity index (χ2v) is 18.0. The number of esters is 4. The van der Waals surface area contributed by atoms with E-state index in [4.69, 9.17) is 29.8 Å². The van der Waals surface area contributed by atoms with E-state index in [0.29, 0.717) is 85.0 Å². The molecule has 0 aliphatic rings. The van der Waals surface area contributed by atoms with E-state index in [9.17, 15) is 19.2 Å². The molecule has 13 nitrogen and oxygen atoms in total. The molecule has 0 saturated carbocycles. The van der Waals surface area contributed by atoms with Gasteiger partial charge in [-0.25, -0.2) is 0 Å². The van der Waals surface area contributed by atoms with Crippen LogP contribution < -0.4 is 16.4 Å². The van der Waals surface area contributed by atoms with E-state index in [-0.39, 0.29) is 43.3 Å². The van der Waals surface area contributed by atoms with Gasteiger partial charge in [0.1, 0.15) is 0 Å². The monoisotopic (exact) mass is 844 g/mol. The van der Waals surface area contributed by atoms with Crippen molar-refractivity contribution in [1.29, 1.82) is 0 Å². The normalized spacial score (nSPS) is 11.2. The summed E-state index contributed by atoms with van der Waals surface area (Å²) in [6.07, 6.45) is 10.5. The van der Waals surface area contributed by atoms with Crippen molar-refractivity contribution in [2.24, 2.45) is 5.73 Å². The number of aliphatic hydroxyl groups excluding tert-OH is 1. The van der Waals surface area contributed by atoms with Crippen LogP contribution in [-0.4, -0.2) is 142 Å². The molecule has 0 rings (SSSR count). The number of nitrogens with zero attached hydrogens (tertiary/aromatic N) is 1. The van der Waals surface area contributed by atoms with Crippen molar-refractivity contribution in [2.75, 3.05) is 108 Å². The van der Waals surface area contributed by atoms with Crippen molar-refractivity contribution in [3.05, 3.63) is 0 Å². The SMILES string of the molecule is CCCSSCCNCCC(=O)OCCCCCCOC(=O)CCN(CCCCO)CCC(=O)OCCCCCCOC(=O)CCNCCSSCCN. The quantitative estimate of drug-likeness (QED) is 0.0272. The van der Waals surface area contributed by atoms with Crippen LogP contribution in [0, 0.1) is 0 Å². The molecule has 0 heterocycles. The average molecular weight is 845 g/mol. The van der Waals surface area contributed by atoms with E-state index in [1.54, 1.807) is 21.6 Å². The van der Waals surface area contributed by atoms with Crippen LogP contribution in [0.1, 0.15) is 103 Å². The molecule has 318 valence electrons. The molecule has 0 aromatic carbocycles. The van der Waals surface area contributed by atoms with Gasteiger partial charge in [0.2, 0.25) is 0 Å². The Morgan fingerprint density at radius 1 is 0.519 bits per heavy atom. The molecule has 0 atom stereocenters. The molecule has 0 fully saturated rings. The van der Waals surface area contributed by atoms with Crippen LogP contribution in [0.15, 0.2) is 0 Å². The molecule has 54 heavy (non-hydrogen) atoms. The van der Waals surface area contributed by atoms with Crippen LogP contribution in [0.3, 0.4) is 0 Å². The third kappa shape index (κ3) is 40.7. The first-order chi connectivity index (χ1) is 26.4. The summed E-state index contributed by atoms with van der Waals surface area (Å²) in [5, 5.41) is 15.7. The summed E-state index contributed by atoms with van der Waals surface area (Å²) in [5.74, 6) is 3.21. The van der Waals surface area contributed by atoms with Gasteiger partial charge in [-0.15, -0.1) is 0 Å². The van der Waals surface area contributed by atoms with Gasteiger partial charge in [0.25, 0.3) is 0 Å². The van der Waals surface area contributed by atoms with E-state index in [0.717, 1.165) is 88.1 Å². The molecular formula is C37H72N4O9S4. The largest absolute Gasteiger partial charge is 0.466 e. The van der Waals surface area contributed by atoms with E-state index in [1.165, 1.54) is 12.2 Å². The molecular weight excluding hydrogens is 773 g/mol. The van der Waals surface area contributed by atoms with Crippen LogP contribution in [-0.2, 0) is 38.1 Å². The van der Waals surface area contributed by atoms with E-state index >= 15 is 0 Å². The number of carbonyl (C=O) groups is 4. The van der Waals surface area contributed by atoms with E-state index in [2.05, 4.69) is 17.6 Å². The lowest BCUT2D eigenvalue weighted by Crippen LogP contribution is -2.31. The average Bonchev–Trinajstić information content (AvgIpc) is 3.16. The summed E-state index contributed by atoms with van der Waals surface area (Å²) in [5.41, 5.74) is 5.46. The van der Waals surface area contributed by atoms with Crippen molar-refractivity contribution >= 4 is 67.1 Å². The molecule has 5 N–H and O–H groups in total. The molecule has 0 saturated heterocycles. The minimum absolute atomic E-state index is 0.102. The fourth-order valence-corrected chi connectivity index (χ4v) is 8.55. The first kappa shape index (κ1) is 53.1. The number of hydrogen-bond donors (Lipinski definition) is 4. The minimum atomic E-state index is -0.269.